The molecule has 2 aromatic rings. The molecule has 1 aromatic carbocycles. The van der Waals surface area contributed by atoms with E-state index in [0.717, 1.165) is 29.5 Å². The lowest BCUT2D eigenvalue weighted by Crippen LogP contribution is -2.33. The molecule has 2 aliphatic carbocycles. The minimum absolute atomic E-state index is 0.0995. The molecule has 0 unspecified atom stereocenters. The Kier molecular flexibility index (Phi) is 4.56. The predicted molar refractivity (Wildman–Crippen MR) is 94.5 cm³/mol. The zero-order valence-electron chi connectivity index (χ0n) is 13.6. The van der Waals surface area contributed by atoms with Crippen LogP contribution in [0.15, 0.2) is 35.5 Å². The van der Waals surface area contributed by atoms with Crippen LogP contribution in [0.3, 0.4) is 0 Å². The number of nitrogens with one attached hydrogen (secondary N) is 1. The van der Waals surface area contributed by atoms with E-state index in [1.54, 1.807) is 0 Å². The van der Waals surface area contributed by atoms with Gasteiger partial charge >= 0.3 is 0 Å². The summed E-state index contributed by atoms with van der Waals surface area (Å²) in [5, 5.41) is 12.7. The van der Waals surface area contributed by atoms with E-state index < -0.39 is 0 Å². The first kappa shape index (κ1) is 15.7. The Morgan fingerprint density at radius 3 is 2.58 bits per heavy atom. The molecule has 0 aliphatic heterocycles. The van der Waals surface area contributed by atoms with Gasteiger partial charge in [0.1, 0.15) is 5.82 Å². The van der Waals surface area contributed by atoms with Gasteiger partial charge in [0.25, 0.3) is 0 Å². The smallest absolute Gasteiger partial charge is 0.230 e. The monoisotopic (exact) mass is 342 g/mol. The molecule has 0 atom stereocenters. The van der Waals surface area contributed by atoms with Crippen LogP contribution in [0, 0.1) is 0 Å². The molecule has 0 radical (unpaired) electrons. The summed E-state index contributed by atoms with van der Waals surface area (Å²) >= 11 is 1.48. The number of carbonyl (C=O) groups excluding carboxylic acids is 1. The molecule has 5 nitrogen and oxygen atoms in total. The van der Waals surface area contributed by atoms with Gasteiger partial charge in [-0.25, -0.2) is 0 Å². The Labute approximate surface area is 146 Å². The summed E-state index contributed by atoms with van der Waals surface area (Å²) in [6, 6.07) is 10.6. The Morgan fingerprint density at radius 1 is 1.12 bits per heavy atom. The molecule has 2 saturated carbocycles. The number of hydrogen-bond acceptors (Lipinski definition) is 4. The van der Waals surface area contributed by atoms with Crippen molar-refractivity contribution in [1.82, 2.24) is 20.1 Å². The quantitative estimate of drug-likeness (QED) is 0.818. The second-order valence-corrected chi connectivity index (χ2v) is 7.57. The number of amides is 1. The first-order chi connectivity index (χ1) is 11.8. The van der Waals surface area contributed by atoms with Gasteiger partial charge < -0.3 is 5.32 Å². The normalized spacial score (nSPS) is 18.0. The fourth-order valence-corrected chi connectivity index (χ4v) is 4.04. The summed E-state index contributed by atoms with van der Waals surface area (Å²) in [5.41, 5.74) is 1.07. The van der Waals surface area contributed by atoms with Gasteiger partial charge in [0.15, 0.2) is 5.16 Å². The summed E-state index contributed by atoms with van der Waals surface area (Å²) in [6.45, 7) is 0. The third kappa shape index (κ3) is 3.48. The number of rotatable bonds is 6. The molecule has 1 aromatic heterocycles. The first-order valence-corrected chi connectivity index (χ1v) is 9.73. The summed E-state index contributed by atoms with van der Waals surface area (Å²) in [5.74, 6) is 2.04. The van der Waals surface area contributed by atoms with E-state index in [1.165, 1.54) is 37.4 Å². The second kappa shape index (κ2) is 6.97. The zero-order chi connectivity index (χ0) is 16.4. The van der Waals surface area contributed by atoms with E-state index in [0.29, 0.717) is 17.7 Å². The van der Waals surface area contributed by atoms with Crippen molar-refractivity contribution in [2.75, 3.05) is 5.75 Å². The molecule has 4 rings (SSSR count). The molecule has 0 spiro atoms. The van der Waals surface area contributed by atoms with Crippen LogP contribution in [0.25, 0.3) is 5.69 Å². The Bertz CT molecular complexity index is 705. The largest absolute Gasteiger partial charge is 0.353 e. The van der Waals surface area contributed by atoms with E-state index >= 15 is 0 Å². The Balaban J connectivity index is 1.47. The lowest BCUT2D eigenvalue weighted by molar-refractivity contribution is -0.119. The third-order valence-electron chi connectivity index (χ3n) is 4.67. The molecular weight excluding hydrogens is 320 g/mol. The van der Waals surface area contributed by atoms with Gasteiger partial charge in [0.2, 0.25) is 5.91 Å². The summed E-state index contributed by atoms with van der Waals surface area (Å²) in [6.07, 6.45) is 7.04. The third-order valence-corrected chi connectivity index (χ3v) is 5.60. The highest BCUT2D eigenvalue weighted by Gasteiger charge is 2.31. The van der Waals surface area contributed by atoms with E-state index in [9.17, 15) is 4.79 Å². The molecule has 0 bridgehead atoms. The number of benzene rings is 1. The topological polar surface area (TPSA) is 59.8 Å². The van der Waals surface area contributed by atoms with E-state index in [1.807, 2.05) is 18.2 Å². The number of para-hydroxylation sites is 1. The zero-order valence-corrected chi connectivity index (χ0v) is 14.5. The highest BCUT2D eigenvalue weighted by Crippen LogP contribution is 2.41. The molecule has 1 amide bonds. The van der Waals surface area contributed by atoms with Crippen molar-refractivity contribution >= 4 is 17.7 Å². The maximum absolute atomic E-state index is 12.2. The molecule has 24 heavy (non-hydrogen) atoms. The van der Waals surface area contributed by atoms with Crippen molar-refractivity contribution in [2.45, 2.75) is 55.6 Å². The van der Waals surface area contributed by atoms with E-state index in [4.69, 9.17) is 0 Å². The minimum Gasteiger partial charge on any atom is -0.353 e. The number of carbonyl (C=O) groups is 1. The van der Waals surface area contributed by atoms with Crippen LogP contribution in [0.1, 0.15) is 50.3 Å². The maximum atomic E-state index is 12.2. The van der Waals surface area contributed by atoms with Crippen molar-refractivity contribution in [3.63, 3.8) is 0 Å². The summed E-state index contributed by atoms with van der Waals surface area (Å²) in [4.78, 5) is 12.2. The predicted octanol–water partition coefficient (Wildman–Crippen LogP) is 3.30. The number of hydrogen-bond donors (Lipinski definition) is 1. The molecule has 126 valence electrons. The average molecular weight is 342 g/mol. The molecule has 0 saturated heterocycles. The van der Waals surface area contributed by atoms with Crippen molar-refractivity contribution in [3.8, 4) is 5.69 Å². The SMILES string of the molecule is O=C(CSc1nnc(C2CC2)n1-c1ccccc1)NC1CCCC1. The highest BCUT2D eigenvalue weighted by atomic mass is 32.2. The van der Waals surface area contributed by atoms with Gasteiger partial charge in [0, 0.05) is 17.6 Å². The van der Waals surface area contributed by atoms with Crippen LogP contribution in [-0.2, 0) is 4.79 Å². The van der Waals surface area contributed by atoms with Gasteiger partial charge in [0.05, 0.1) is 5.75 Å². The van der Waals surface area contributed by atoms with Gasteiger partial charge in [-0.2, -0.15) is 0 Å². The van der Waals surface area contributed by atoms with Crippen molar-refractivity contribution in [2.24, 2.45) is 0 Å². The molecule has 2 aliphatic rings. The molecule has 6 heteroatoms. The fraction of sp³-hybridized carbons (Fsp3) is 0.500. The van der Waals surface area contributed by atoms with Crippen LogP contribution >= 0.6 is 11.8 Å². The van der Waals surface area contributed by atoms with Crippen LogP contribution < -0.4 is 5.32 Å². The van der Waals surface area contributed by atoms with Gasteiger partial charge in [-0.15, -0.1) is 10.2 Å². The van der Waals surface area contributed by atoms with Crippen molar-refractivity contribution < 1.29 is 4.79 Å². The van der Waals surface area contributed by atoms with Crippen LogP contribution in [0.5, 0.6) is 0 Å². The summed E-state index contributed by atoms with van der Waals surface area (Å²) in [7, 11) is 0. The van der Waals surface area contributed by atoms with Gasteiger partial charge in [-0.3, -0.25) is 9.36 Å². The molecule has 1 heterocycles. The van der Waals surface area contributed by atoms with Crippen molar-refractivity contribution in [3.05, 3.63) is 36.2 Å². The standard InChI is InChI=1S/C18H22N4OS/c23-16(19-14-6-4-5-7-14)12-24-18-21-20-17(13-10-11-13)22(18)15-8-2-1-3-9-15/h1-3,8-9,13-14H,4-7,10-12H2,(H,19,23). The number of aromatic nitrogens is 3. The fourth-order valence-electron chi connectivity index (χ4n) is 3.27. The van der Waals surface area contributed by atoms with Crippen LogP contribution in [-0.4, -0.2) is 32.5 Å². The van der Waals surface area contributed by atoms with E-state index in [-0.39, 0.29) is 5.91 Å². The molecule has 1 N–H and O–H groups in total. The van der Waals surface area contributed by atoms with Crippen molar-refractivity contribution in [1.29, 1.82) is 0 Å². The van der Waals surface area contributed by atoms with Gasteiger partial charge in [-0.1, -0.05) is 42.8 Å². The Morgan fingerprint density at radius 2 is 1.88 bits per heavy atom. The van der Waals surface area contributed by atoms with Crippen LogP contribution in [0.2, 0.25) is 0 Å². The minimum atomic E-state index is 0.0995. The highest BCUT2D eigenvalue weighted by molar-refractivity contribution is 7.99. The first-order valence-electron chi connectivity index (χ1n) is 8.74. The number of nitrogens with zero attached hydrogens (tertiary/aromatic N) is 3. The van der Waals surface area contributed by atoms with E-state index in [2.05, 4.69) is 32.2 Å². The summed E-state index contributed by atoms with van der Waals surface area (Å²) < 4.78 is 2.12. The Hall–Kier alpha value is -1.82. The maximum Gasteiger partial charge on any atom is 0.230 e. The number of thioether (sulfide) groups is 1. The lowest BCUT2D eigenvalue weighted by Gasteiger charge is -2.12. The van der Waals surface area contributed by atoms with Gasteiger partial charge in [-0.05, 0) is 37.8 Å². The molecular formula is C18H22N4OS. The second-order valence-electron chi connectivity index (χ2n) is 6.62. The molecule has 2 fully saturated rings. The average Bonchev–Trinajstić information content (AvgIpc) is 3.16. The van der Waals surface area contributed by atoms with Crippen LogP contribution in [0.4, 0.5) is 0 Å². The lowest BCUT2D eigenvalue weighted by atomic mass is 10.2.